The molecule has 0 aliphatic heterocycles. The zero-order valence-electron chi connectivity index (χ0n) is 9.80. The molecular formula is C12H14FNO4. The van der Waals surface area contributed by atoms with E-state index in [1.807, 2.05) is 11.4 Å². The number of nitrogens with one attached hydrogen (secondary N) is 1. The first-order valence-corrected chi connectivity index (χ1v) is 5.35. The van der Waals surface area contributed by atoms with Gasteiger partial charge in [0, 0.05) is 0 Å². The number of amides is 1. The number of rotatable bonds is 5. The fourth-order valence-electron chi connectivity index (χ4n) is 1.26. The molecule has 1 rings (SSSR count). The molecule has 1 aromatic rings. The number of carboxylic acid groups (broad SMARTS) is 1. The molecular weight excluding hydrogens is 241 g/mol. The monoisotopic (exact) mass is 255 g/mol. The number of benzene rings is 1. The van der Waals surface area contributed by atoms with Crippen LogP contribution in [0.4, 0.5) is 9.18 Å². The minimum absolute atomic E-state index is 0.000318. The Morgan fingerprint density at radius 1 is 1.39 bits per heavy atom. The van der Waals surface area contributed by atoms with Gasteiger partial charge < -0.3 is 15.2 Å². The standard InChI is InChI=1S/C12H14FNO4/c1-8(13)10(11(15)16)14-12(17)18-7-9-5-3-2-4-6-9/h2-6,8,10H,7H2,1H3,(H,14,17)(H,15,16)/t8-,10+/m1/s1. The fourth-order valence-corrected chi connectivity index (χ4v) is 1.26. The lowest BCUT2D eigenvalue weighted by Gasteiger charge is -2.15. The molecule has 1 amide bonds. The third-order valence-electron chi connectivity index (χ3n) is 2.21. The Bertz CT molecular complexity index is 408. The second-order valence-electron chi connectivity index (χ2n) is 3.70. The molecule has 0 saturated carbocycles. The number of alkyl halides is 1. The summed E-state index contributed by atoms with van der Waals surface area (Å²) < 4.78 is 17.7. The highest BCUT2D eigenvalue weighted by molar-refractivity contribution is 5.80. The predicted octanol–water partition coefficient (Wildman–Crippen LogP) is 1.72. The number of alkyl carbamates (subject to hydrolysis) is 1. The van der Waals surface area contributed by atoms with E-state index in [0.29, 0.717) is 0 Å². The zero-order chi connectivity index (χ0) is 13.5. The van der Waals surface area contributed by atoms with Crippen LogP contribution in [0, 0.1) is 0 Å². The summed E-state index contributed by atoms with van der Waals surface area (Å²) in [5.41, 5.74) is 0.757. The number of aliphatic carboxylic acids is 1. The van der Waals surface area contributed by atoms with E-state index in [1.165, 1.54) is 0 Å². The van der Waals surface area contributed by atoms with E-state index >= 15 is 0 Å². The van der Waals surface area contributed by atoms with Crippen LogP contribution in [0.25, 0.3) is 0 Å². The van der Waals surface area contributed by atoms with Crippen LogP contribution in [-0.4, -0.2) is 29.4 Å². The van der Waals surface area contributed by atoms with Gasteiger partial charge in [-0.25, -0.2) is 14.0 Å². The Kier molecular flexibility index (Phi) is 5.10. The van der Waals surface area contributed by atoms with Crippen molar-refractivity contribution in [2.45, 2.75) is 25.7 Å². The molecule has 0 aromatic heterocycles. The van der Waals surface area contributed by atoms with Gasteiger partial charge in [-0.05, 0) is 12.5 Å². The third kappa shape index (κ3) is 4.40. The van der Waals surface area contributed by atoms with Gasteiger partial charge >= 0.3 is 12.1 Å². The van der Waals surface area contributed by atoms with E-state index in [0.717, 1.165) is 12.5 Å². The SMILES string of the molecule is C[C@@H](F)[C@H](NC(=O)OCc1ccccc1)C(=O)O. The summed E-state index contributed by atoms with van der Waals surface area (Å²) in [6.45, 7) is 1.05. The van der Waals surface area contributed by atoms with E-state index in [9.17, 15) is 14.0 Å². The van der Waals surface area contributed by atoms with Crippen LogP contribution >= 0.6 is 0 Å². The van der Waals surface area contributed by atoms with E-state index in [2.05, 4.69) is 0 Å². The molecule has 0 unspecified atom stereocenters. The molecule has 0 heterocycles. The minimum Gasteiger partial charge on any atom is -0.480 e. The number of carbonyl (C=O) groups is 2. The van der Waals surface area contributed by atoms with Gasteiger partial charge in [0.15, 0.2) is 6.04 Å². The molecule has 0 spiro atoms. The van der Waals surface area contributed by atoms with Crippen molar-refractivity contribution in [2.75, 3.05) is 0 Å². The average Bonchev–Trinajstić information content (AvgIpc) is 2.34. The number of carbonyl (C=O) groups excluding carboxylic acids is 1. The van der Waals surface area contributed by atoms with Gasteiger partial charge in [0.1, 0.15) is 12.8 Å². The zero-order valence-corrected chi connectivity index (χ0v) is 9.80. The summed E-state index contributed by atoms with van der Waals surface area (Å²) in [5.74, 6) is -1.44. The smallest absolute Gasteiger partial charge is 0.408 e. The summed E-state index contributed by atoms with van der Waals surface area (Å²) >= 11 is 0. The summed E-state index contributed by atoms with van der Waals surface area (Å²) in [4.78, 5) is 21.9. The molecule has 0 fully saturated rings. The van der Waals surface area contributed by atoms with Gasteiger partial charge in [-0.3, -0.25) is 0 Å². The first-order chi connectivity index (χ1) is 8.50. The van der Waals surface area contributed by atoms with Crippen molar-refractivity contribution >= 4 is 12.1 Å². The average molecular weight is 255 g/mol. The van der Waals surface area contributed by atoms with E-state index in [-0.39, 0.29) is 6.61 Å². The van der Waals surface area contributed by atoms with Gasteiger partial charge in [0.25, 0.3) is 0 Å². The van der Waals surface area contributed by atoms with Crippen LogP contribution in [0.5, 0.6) is 0 Å². The van der Waals surface area contributed by atoms with Crippen molar-refractivity contribution in [3.63, 3.8) is 0 Å². The largest absolute Gasteiger partial charge is 0.480 e. The van der Waals surface area contributed by atoms with Crippen molar-refractivity contribution in [3.05, 3.63) is 35.9 Å². The maximum atomic E-state index is 12.9. The summed E-state index contributed by atoms with van der Waals surface area (Å²) in [5, 5.41) is 10.6. The summed E-state index contributed by atoms with van der Waals surface area (Å²) in [6.07, 6.45) is -2.66. The third-order valence-corrected chi connectivity index (χ3v) is 2.21. The first-order valence-electron chi connectivity index (χ1n) is 5.35. The highest BCUT2D eigenvalue weighted by Gasteiger charge is 2.26. The van der Waals surface area contributed by atoms with Crippen LogP contribution in [0.15, 0.2) is 30.3 Å². The lowest BCUT2D eigenvalue weighted by atomic mass is 10.2. The molecule has 6 heteroatoms. The van der Waals surface area contributed by atoms with Crippen LogP contribution in [0.3, 0.4) is 0 Å². The Balaban J connectivity index is 2.44. The van der Waals surface area contributed by atoms with Gasteiger partial charge in [-0.2, -0.15) is 0 Å². The Labute approximate surface area is 104 Å². The Morgan fingerprint density at radius 3 is 2.50 bits per heavy atom. The molecule has 98 valence electrons. The normalized spacial score (nSPS) is 13.4. The highest BCUT2D eigenvalue weighted by Crippen LogP contribution is 2.02. The predicted molar refractivity (Wildman–Crippen MR) is 61.8 cm³/mol. The molecule has 5 nitrogen and oxygen atoms in total. The van der Waals surface area contributed by atoms with Crippen molar-refractivity contribution in [2.24, 2.45) is 0 Å². The molecule has 0 saturated heterocycles. The molecule has 18 heavy (non-hydrogen) atoms. The molecule has 2 atom stereocenters. The van der Waals surface area contributed by atoms with Crippen molar-refractivity contribution in [1.82, 2.24) is 5.32 Å². The second-order valence-corrected chi connectivity index (χ2v) is 3.70. The van der Waals surface area contributed by atoms with Gasteiger partial charge in [0.2, 0.25) is 0 Å². The molecule has 1 aromatic carbocycles. The van der Waals surface area contributed by atoms with Crippen molar-refractivity contribution in [3.8, 4) is 0 Å². The Morgan fingerprint density at radius 2 is 2.00 bits per heavy atom. The van der Waals surface area contributed by atoms with Crippen LogP contribution in [0.1, 0.15) is 12.5 Å². The Hall–Kier alpha value is -2.11. The number of hydrogen-bond donors (Lipinski definition) is 2. The van der Waals surface area contributed by atoms with Crippen LogP contribution in [-0.2, 0) is 16.1 Å². The first kappa shape index (κ1) is 14.0. The van der Waals surface area contributed by atoms with Crippen molar-refractivity contribution < 1.29 is 23.8 Å². The fraction of sp³-hybridized carbons (Fsp3) is 0.333. The van der Waals surface area contributed by atoms with Gasteiger partial charge in [-0.15, -0.1) is 0 Å². The highest BCUT2D eigenvalue weighted by atomic mass is 19.1. The lowest BCUT2D eigenvalue weighted by Crippen LogP contribution is -2.46. The molecule has 0 aliphatic rings. The number of carboxylic acids is 1. The van der Waals surface area contributed by atoms with Crippen molar-refractivity contribution in [1.29, 1.82) is 0 Å². The summed E-state index contributed by atoms with van der Waals surface area (Å²) in [7, 11) is 0. The van der Waals surface area contributed by atoms with Crippen LogP contribution in [0.2, 0.25) is 0 Å². The van der Waals surface area contributed by atoms with E-state index in [1.54, 1.807) is 24.3 Å². The summed E-state index contributed by atoms with van der Waals surface area (Å²) in [6, 6.07) is 7.27. The quantitative estimate of drug-likeness (QED) is 0.840. The lowest BCUT2D eigenvalue weighted by molar-refractivity contribution is -0.140. The number of halogens is 1. The van der Waals surface area contributed by atoms with Gasteiger partial charge in [0.05, 0.1) is 0 Å². The van der Waals surface area contributed by atoms with Crippen LogP contribution < -0.4 is 5.32 Å². The molecule has 0 radical (unpaired) electrons. The second kappa shape index (κ2) is 6.58. The number of ether oxygens (including phenoxy) is 1. The minimum atomic E-state index is -1.70. The van der Waals surface area contributed by atoms with E-state index in [4.69, 9.17) is 9.84 Å². The molecule has 2 N–H and O–H groups in total. The topological polar surface area (TPSA) is 75.6 Å². The van der Waals surface area contributed by atoms with Gasteiger partial charge in [-0.1, -0.05) is 30.3 Å². The number of hydrogen-bond acceptors (Lipinski definition) is 3. The molecule has 0 bridgehead atoms. The molecule has 0 aliphatic carbocycles. The maximum absolute atomic E-state index is 12.9. The van der Waals surface area contributed by atoms with E-state index < -0.39 is 24.3 Å². The maximum Gasteiger partial charge on any atom is 0.408 e.